The summed E-state index contributed by atoms with van der Waals surface area (Å²) in [4.78, 5) is 5.00. The Kier molecular flexibility index (Phi) is 14.0. The fraction of sp³-hybridized carbons (Fsp3) is 0. The van der Waals surface area contributed by atoms with Gasteiger partial charge >= 0.3 is 0 Å². The molecule has 20 aromatic carbocycles. The summed E-state index contributed by atoms with van der Waals surface area (Å²) in [5.41, 5.74) is 23.4. The summed E-state index contributed by atoms with van der Waals surface area (Å²) in [6.45, 7) is 0. The largest absolute Gasteiger partial charge is 0.456 e. The molecule has 0 saturated carbocycles. The highest BCUT2D eigenvalue weighted by atomic mass is 16.3. The minimum atomic E-state index is 0.805. The molecule has 0 spiro atoms. The average molecular weight is 1450 g/mol. The summed E-state index contributed by atoms with van der Waals surface area (Å²) in [6, 6.07) is 141. The average Bonchev–Trinajstić information content (AvgIpc) is 1.06. The highest BCUT2D eigenvalue weighted by Crippen LogP contribution is 2.57. The molecule has 0 bridgehead atoms. The molecule has 0 aliphatic carbocycles. The van der Waals surface area contributed by atoms with Crippen molar-refractivity contribution in [3.8, 4) is 55.6 Å². The van der Waals surface area contributed by atoms with Crippen molar-refractivity contribution in [1.82, 2.24) is 0 Å². The molecule has 0 saturated heterocycles. The van der Waals surface area contributed by atoms with Crippen LogP contribution in [0.2, 0.25) is 0 Å². The van der Waals surface area contributed by atoms with Gasteiger partial charge in [0.1, 0.15) is 44.7 Å². The van der Waals surface area contributed by atoms with Crippen LogP contribution in [0.3, 0.4) is 0 Å². The van der Waals surface area contributed by atoms with Gasteiger partial charge in [0.05, 0.1) is 28.1 Å². The molecule has 0 fully saturated rings. The number of rotatable bonds is 11. The van der Waals surface area contributed by atoms with E-state index in [1.165, 1.54) is 32.3 Å². The molecular weight excluding hydrogens is 1390 g/mol. The molecular formula is C108H64N2O4. The first-order valence-corrected chi connectivity index (χ1v) is 38.9. The molecule has 4 heterocycles. The van der Waals surface area contributed by atoms with Crippen LogP contribution >= 0.6 is 0 Å². The van der Waals surface area contributed by atoms with Crippen LogP contribution < -0.4 is 9.80 Å². The molecule has 0 aliphatic rings. The van der Waals surface area contributed by atoms with Gasteiger partial charge in [-0.2, -0.15) is 0 Å². The molecule has 0 atom stereocenters. The number of hydrogen-bond acceptors (Lipinski definition) is 6. The van der Waals surface area contributed by atoms with Crippen LogP contribution in [-0.4, -0.2) is 0 Å². The predicted octanol–water partition coefficient (Wildman–Crippen LogP) is 31.5. The molecule has 24 rings (SSSR count). The molecule has 0 unspecified atom stereocenters. The minimum Gasteiger partial charge on any atom is -0.456 e. The maximum Gasteiger partial charge on any atom is 0.143 e. The third-order valence-electron chi connectivity index (χ3n) is 23.8. The lowest BCUT2D eigenvalue weighted by molar-refractivity contribution is 0.668. The van der Waals surface area contributed by atoms with Crippen LogP contribution in [0.5, 0.6) is 0 Å². The monoisotopic (exact) mass is 1450 g/mol. The normalized spacial score (nSPS) is 12.0. The van der Waals surface area contributed by atoms with E-state index in [0.717, 1.165) is 210 Å². The first kappa shape index (κ1) is 63.7. The standard InChI is InChI=1S/C108H64N2O4/c1-2-26-66-61-70(56-55-65(66)25-1)101-85-37-7-3-30-76(85)78-32-5-9-39-87(78)105(101)110(94-49-24-54-99-104(94)91-41-14-18-52-97(91)111-99)71-29-19-27-68(63-71)74-42-23-53-98-102(74)92-47-21-43-75(107(92)114-98)69-57-59-73-67(62-69)28-20-44-84(73)103-86-38-8-4-31-77(86)79-33-6-10-40-88(79)106(103)109(72-58-60-83-81-35-12-16-50-95(81)112-100(83)64-72)93-48-15-11-34-80(93)89-45-22-46-90-82-36-13-17-51-96(82)113-108(89)90/h1-64H. The fourth-order valence-electron chi connectivity index (χ4n) is 18.8. The highest BCUT2D eigenvalue weighted by molar-refractivity contribution is 6.28. The van der Waals surface area contributed by atoms with Gasteiger partial charge in [-0.05, 0) is 161 Å². The second-order valence-corrected chi connectivity index (χ2v) is 29.9. The summed E-state index contributed by atoms with van der Waals surface area (Å²) in [5.74, 6) is 0. The highest BCUT2D eigenvalue weighted by Gasteiger charge is 2.31. The fourth-order valence-corrected chi connectivity index (χ4v) is 18.8. The zero-order valence-electron chi connectivity index (χ0n) is 61.5. The molecule has 6 heteroatoms. The molecule has 6 nitrogen and oxygen atoms in total. The van der Waals surface area contributed by atoms with Crippen molar-refractivity contribution < 1.29 is 17.7 Å². The van der Waals surface area contributed by atoms with E-state index in [4.69, 9.17) is 17.7 Å². The van der Waals surface area contributed by atoms with Gasteiger partial charge in [-0.3, -0.25) is 0 Å². The number of fused-ring (bicyclic) bond motifs is 20. The van der Waals surface area contributed by atoms with Gasteiger partial charge in [0.2, 0.25) is 0 Å². The Balaban J connectivity index is 0.688. The van der Waals surface area contributed by atoms with Crippen LogP contribution in [0.1, 0.15) is 0 Å². The Morgan fingerprint density at radius 3 is 1.38 bits per heavy atom. The van der Waals surface area contributed by atoms with E-state index >= 15 is 0 Å². The minimum absolute atomic E-state index is 0.805. The summed E-state index contributed by atoms with van der Waals surface area (Å²) in [7, 11) is 0. The van der Waals surface area contributed by atoms with Crippen molar-refractivity contribution >= 4 is 187 Å². The van der Waals surface area contributed by atoms with Crippen molar-refractivity contribution in [1.29, 1.82) is 0 Å². The van der Waals surface area contributed by atoms with E-state index in [0.29, 0.717) is 0 Å². The first-order chi connectivity index (χ1) is 56.6. The van der Waals surface area contributed by atoms with Gasteiger partial charge in [0.25, 0.3) is 0 Å². The lowest BCUT2D eigenvalue weighted by Crippen LogP contribution is -2.13. The topological polar surface area (TPSA) is 59.0 Å². The zero-order chi connectivity index (χ0) is 74.6. The first-order valence-electron chi connectivity index (χ1n) is 38.9. The molecule has 0 aliphatic heterocycles. The summed E-state index contributed by atoms with van der Waals surface area (Å²) in [6.07, 6.45) is 0. The number of anilines is 6. The molecule has 4 aromatic heterocycles. The van der Waals surface area contributed by atoms with Crippen molar-refractivity contribution in [2.24, 2.45) is 0 Å². The number of benzene rings is 20. The zero-order valence-corrected chi connectivity index (χ0v) is 61.5. The Morgan fingerprint density at radius 1 is 0.175 bits per heavy atom. The number of furan rings is 4. The van der Waals surface area contributed by atoms with Crippen molar-refractivity contribution in [3.63, 3.8) is 0 Å². The SMILES string of the molecule is c1cc(-c2cccc3oc4c(-c5ccc6c(-c7c(N(c8ccc9c(c8)oc8ccccc89)c8ccccc8-c8cccc9c8oc8ccccc89)c8ccccc8c8ccccc78)cccc6c5)cccc4c23)cc(N(c2c(-c3ccc4ccccc4c3)c3ccccc3c3ccccc23)c2cccc3oc4ccccc4c23)c1. The smallest absolute Gasteiger partial charge is 0.143 e. The maximum atomic E-state index is 7.29. The Morgan fingerprint density at radius 2 is 0.605 bits per heavy atom. The summed E-state index contributed by atoms with van der Waals surface area (Å²) >= 11 is 0. The van der Waals surface area contributed by atoms with Gasteiger partial charge in [0, 0.05) is 93.7 Å². The molecule has 0 N–H and O–H groups in total. The van der Waals surface area contributed by atoms with E-state index in [9.17, 15) is 0 Å². The third-order valence-corrected chi connectivity index (χ3v) is 23.8. The van der Waals surface area contributed by atoms with Crippen LogP contribution in [0.4, 0.5) is 34.1 Å². The number of para-hydroxylation sites is 6. The predicted molar refractivity (Wildman–Crippen MR) is 477 cm³/mol. The number of hydrogen-bond donors (Lipinski definition) is 0. The van der Waals surface area contributed by atoms with Crippen LogP contribution in [-0.2, 0) is 0 Å². The second-order valence-electron chi connectivity index (χ2n) is 29.9. The third kappa shape index (κ3) is 9.68. The van der Waals surface area contributed by atoms with Crippen LogP contribution in [0.15, 0.2) is 406 Å². The van der Waals surface area contributed by atoms with E-state index in [1.807, 2.05) is 12.1 Å². The lowest BCUT2D eigenvalue weighted by atomic mass is 9.87. The van der Waals surface area contributed by atoms with E-state index in [1.54, 1.807) is 0 Å². The maximum absolute atomic E-state index is 7.29. The molecule has 0 amide bonds. The van der Waals surface area contributed by atoms with E-state index in [2.05, 4.69) is 386 Å². The van der Waals surface area contributed by atoms with Gasteiger partial charge in [-0.25, -0.2) is 0 Å². The van der Waals surface area contributed by atoms with Gasteiger partial charge in [-0.1, -0.05) is 303 Å². The number of nitrogens with zero attached hydrogens (tertiary/aromatic N) is 2. The van der Waals surface area contributed by atoms with Crippen molar-refractivity contribution in [3.05, 3.63) is 388 Å². The van der Waals surface area contributed by atoms with Gasteiger partial charge < -0.3 is 27.5 Å². The van der Waals surface area contributed by atoms with Crippen molar-refractivity contribution in [2.45, 2.75) is 0 Å². The van der Waals surface area contributed by atoms with Crippen molar-refractivity contribution in [2.75, 3.05) is 9.80 Å². The Bertz CT molecular complexity index is 8170. The molecule has 24 aromatic rings. The van der Waals surface area contributed by atoms with Gasteiger partial charge in [0.15, 0.2) is 0 Å². The van der Waals surface area contributed by atoms with E-state index in [-0.39, 0.29) is 0 Å². The summed E-state index contributed by atoms with van der Waals surface area (Å²) < 4.78 is 27.8. The molecule has 0 radical (unpaired) electrons. The van der Waals surface area contributed by atoms with E-state index < -0.39 is 0 Å². The lowest BCUT2D eigenvalue weighted by Gasteiger charge is -2.32. The summed E-state index contributed by atoms with van der Waals surface area (Å²) in [5, 5.41) is 22.3. The van der Waals surface area contributed by atoms with Gasteiger partial charge in [-0.15, -0.1) is 0 Å². The quantitative estimate of drug-likeness (QED) is 0.120. The molecule has 530 valence electrons. The molecule has 114 heavy (non-hydrogen) atoms. The second kappa shape index (κ2) is 25.2. The van der Waals surface area contributed by atoms with Crippen LogP contribution in [0.25, 0.3) is 208 Å². The Labute approximate surface area is 653 Å². The van der Waals surface area contributed by atoms with Crippen LogP contribution in [0, 0.1) is 0 Å². The Hall–Kier alpha value is -15.2.